The molecule has 0 radical (unpaired) electrons. The molecule has 2 atom stereocenters. The number of nitrogens with one attached hydrogen (secondary N) is 2. The minimum atomic E-state index is -0.0901. The number of amides is 1. The number of nitriles is 1. The summed E-state index contributed by atoms with van der Waals surface area (Å²) in [6.07, 6.45) is 8.56. The van der Waals surface area contributed by atoms with E-state index >= 15 is 0 Å². The lowest BCUT2D eigenvalue weighted by molar-refractivity contribution is -0.117. The van der Waals surface area contributed by atoms with Crippen LogP contribution in [-0.4, -0.2) is 25.3 Å². The van der Waals surface area contributed by atoms with Crippen molar-refractivity contribution in [1.82, 2.24) is 19.4 Å². The second kappa shape index (κ2) is 8.67. The van der Waals surface area contributed by atoms with Crippen LogP contribution in [0.3, 0.4) is 0 Å². The number of hydrogen-bond acceptors (Lipinski definition) is 6. The van der Waals surface area contributed by atoms with Crippen LogP contribution in [0.4, 0.5) is 11.6 Å². The third kappa shape index (κ3) is 4.55. The molecule has 2 saturated carbocycles. The Morgan fingerprint density at radius 2 is 2.00 bits per heavy atom. The molecule has 35 heavy (non-hydrogen) atoms. The lowest BCUT2D eigenvalue weighted by Crippen LogP contribution is -2.16. The van der Waals surface area contributed by atoms with Gasteiger partial charge >= 0.3 is 0 Å². The summed E-state index contributed by atoms with van der Waals surface area (Å²) in [5.41, 5.74) is 4.31. The number of aromatic nitrogens is 4. The molecule has 4 aromatic rings. The number of fused-ring (bicyclic) bond motifs is 1. The highest BCUT2D eigenvalue weighted by molar-refractivity contribution is 6.30. The highest BCUT2D eigenvalue weighted by Gasteiger charge is 2.44. The summed E-state index contributed by atoms with van der Waals surface area (Å²) in [7, 11) is 0. The summed E-state index contributed by atoms with van der Waals surface area (Å²) in [6.45, 7) is 0.426. The van der Waals surface area contributed by atoms with Crippen molar-refractivity contribution in [2.45, 2.75) is 37.6 Å². The van der Waals surface area contributed by atoms with Crippen molar-refractivity contribution in [1.29, 1.82) is 5.26 Å². The molecule has 174 valence electrons. The Morgan fingerprint density at radius 1 is 1.14 bits per heavy atom. The number of anilines is 2. The van der Waals surface area contributed by atoms with Crippen LogP contribution in [0.15, 0.2) is 55.1 Å². The molecular formula is C26H22ClN7O. The maximum absolute atomic E-state index is 12.7. The van der Waals surface area contributed by atoms with E-state index < -0.39 is 0 Å². The summed E-state index contributed by atoms with van der Waals surface area (Å²) in [6, 6.07) is 13.6. The molecule has 2 aliphatic rings. The Balaban J connectivity index is 1.10. The number of imidazole rings is 1. The largest absolute Gasteiger partial charge is 0.364 e. The van der Waals surface area contributed by atoms with Gasteiger partial charge in [-0.3, -0.25) is 4.79 Å². The molecule has 2 N–H and O–H groups in total. The van der Waals surface area contributed by atoms with Crippen molar-refractivity contribution < 1.29 is 4.79 Å². The van der Waals surface area contributed by atoms with Crippen LogP contribution in [0.2, 0.25) is 5.02 Å². The van der Waals surface area contributed by atoms with Gasteiger partial charge in [0.15, 0.2) is 5.65 Å². The van der Waals surface area contributed by atoms with Gasteiger partial charge in [-0.2, -0.15) is 5.26 Å². The van der Waals surface area contributed by atoms with Gasteiger partial charge in [-0.05, 0) is 60.4 Å². The van der Waals surface area contributed by atoms with Crippen molar-refractivity contribution in [2.75, 3.05) is 10.6 Å². The van der Waals surface area contributed by atoms with Crippen molar-refractivity contribution in [2.24, 2.45) is 5.92 Å². The predicted octanol–water partition coefficient (Wildman–Crippen LogP) is 4.88. The molecule has 8 nitrogen and oxygen atoms in total. The topological polar surface area (TPSA) is 108 Å². The van der Waals surface area contributed by atoms with E-state index in [0.717, 1.165) is 17.7 Å². The monoisotopic (exact) mass is 483 g/mol. The lowest BCUT2D eigenvalue weighted by atomic mass is 10.1. The molecule has 0 aliphatic heterocycles. The summed E-state index contributed by atoms with van der Waals surface area (Å²) < 4.78 is 1.93. The first-order chi connectivity index (χ1) is 17.1. The van der Waals surface area contributed by atoms with E-state index in [2.05, 4.69) is 37.9 Å². The van der Waals surface area contributed by atoms with Gasteiger partial charge in [0.05, 0.1) is 17.8 Å². The van der Waals surface area contributed by atoms with Crippen LogP contribution in [0, 0.1) is 17.2 Å². The fourth-order valence-electron chi connectivity index (χ4n) is 4.49. The fourth-order valence-corrected chi connectivity index (χ4v) is 4.69. The van der Waals surface area contributed by atoms with Gasteiger partial charge in [-0.25, -0.2) is 15.0 Å². The fraction of sp³-hybridized carbons (Fsp3) is 0.269. The molecule has 2 unspecified atom stereocenters. The van der Waals surface area contributed by atoms with Crippen LogP contribution in [0.1, 0.15) is 53.5 Å². The van der Waals surface area contributed by atoms with Gasteiger partial charge in [0.1, 0.15) is 24.0 Å². The zero-order valence-corrected chi connectivity index (χ0v) is 19.5. The number of rotatable bonds is 7. The van der Waals surface area contributed by atoms with Gasteiger partial charge in [0, 0.05) is 29.4 Å². The van der Waals surface area contributed by atoms with E-state index in [0.29, 0.717) is 40.3 Å². The zero-order valence-electron chi connectivity index (χ0n) is 18.8. The summed E-state index contributed by atoms with van der Waals surface area (Å²) >= 11 is 6.08. The second-order valence-corrected chi connectivity index (χ2v) is 9.61. The van der Waals surface area contributed by atoms with Gasteiger partial charge in [0.25, 0.3) is 0 Å². The van der Waals surface area contributed by atoms with Gasteiger partial charge in [-0.1, -0.05) is 23.7 Å². The average Bonchev–Trinajstić information content (AvgIpc) is 3.78. The summed E-state index contributed by atoms with van der Waals surface area (Å²) in [5.74, 6) is 1.61. The highest BCUT2D eigenvalue weighted by Crippen LogP contribution is 2.48. The number of carbonyl (C=O) groups is 1. The molecule has 2 aliphatic carbocycles. The molecule has 3 aromatic heterocycles. The minimum Gasteiger partial charge on any atom is -0.364 e. The Bertz CT molecular complexity index is 1490. The number of nitrogens with zero attached hydrogens (tertiary/aromatic N) is 5. The SMILES string of the molecule is N#Cc1cc(C2CC2)cn2cc(CNc3cc(NC(=O)C4CC4c4cccc(Cl)c4)ncn3)nc12. The average molecular weight is 484 g/mol. The molecule has 1 amide bonds. The molecule has 9 heteroatoms. The van der Waals surface area contributed by atoms with Crippen LogP contribution in [0.25, 0.3) is 5.65 Å². The van der Waals surface area contributed by atoms with E-state index in [9.17, 15) is 10.1 Å². The Hall–Kier alpha value is -3.96. The number of benzene rings is 1. The van der Waals surface area contributed by atoms with Gasteiger partial charge in [-0.15, -0.1) is 0 Å². The quantitative estimate of drug-likeness (QED) is 0.388. The standard InChI is InChI=1S/C26H22ClN7O/c27-19-3-1-2-16(7-19)21-8-22(21)26(35)33-24-9-23(30-14-31-24)29-11-20-13-34-12-18(15-4-5-15)6-17(10-28)25(34)32-20/h1-3,6-7,9,12-15,21-22H,4-5,8,11H2,(H2,29,30,31,33,35). The first kappa shape index (κ1) is 21.6. The van der Waals surface area contributed by atoms with E-state index in [1.807, 2.05) is 40.9 Å². The minimum absolute atomic E-state index is 0.0597. The van der Waals surface area contributed by atoms with E-state index in [-0.39, 0.29) is 17.7 Å². The van der Waals surface area contributed by atoms with Crippen LogP contribution in [0.5, 0.6) is 0 Å². The van der Waals surface area contributed by atoms with Crippen molar-refractivity contribution in [3.63, 3.8) is 0 Å². The number of carbonyl (C=O) groups excluding carboxylic acids is 1. The molecular weight excluding hydrogens is 462 g/mol. The Morgan fingerprint density at radius 3 is 2.80 bits per heavy atom. The van der Waals surface area contributed by atoms with Crippen LogP contribution < -0.4 is 10.6 Å². The maximum atomic E-state index is 12.7. The van der Waals surface area contributed by atoms with Crippen molar-refractivity contribution in [3.8, 4) is 6.07 Å². The first-order valence-electron chi connectivity index (χ1n) is 11.6. The number of hydrogen-bond donors (Lipinski definition) is 2. The van der Waals surface area contributed by atoms with E-state index in [4.69, 9.17) is 11.6 Å². The van der Waals surface area contributed by atoms with E-state index in [1.54, 1.807) is 6.07 Å². The second-order valence-electron chi connectivity index (χ2n) is 9.17. The molecule has 6 rings (SSSR count). The smallest absolute Gasteiger partial charge is 0.229 e. The Labute approximate surface area is 207 Å². The number of halogens is 1. The van der Waals surface area contributed by atoms with Crippen LogP contribution in [-0.2, 0) is 11.3 Å². The normalized spacial score (nSPS) is 18.7. The van der Waals surface area contributed by atoms with Gasteiger partial charge < -0.3 is 15.0 Å². The molecule has 1 aromatic carbocycles. The Kier molecular flexibility index (Phi) is 5.34. The molecule has 0 spiro atoms. The number of pyridine rings is 1. The summed E-state index contributed by atoms with van der Waals surface area (Å²) in [4.78, 5) is 25.8. The molecule has 0 saturated heterocycles. The molecule has 0 bridgehead atoms. The third-order valence-corrected chi connectivity index (χ3v) is 6.80. The van der Waals surface area contributed by atoms with Crippen molar-refractivity contribution in [3.05, 3.63) is 82.5 Å². The van der Waals surface area contributed by atoms with Crippen LogP contribution >= 0.6 is 11.6 Å². The van der Waals surface area contributed by atoms with E-state index in [1.165, 1.54) is 24.7 Å². The first-order valence-corrected chi connectivity index (χ1v) is 12.0. The highest BCUT2D eigenvalue weighted by atomic mass is 35.5. The third-order valence-electron chi connectivity index (χ3n) is 6.56. The predicted molar refractivity (Wildman–Crippen MR) is 132 cm³/mol. The zero-order chi connectivity index (χ0) is 23.9. The maximum Gasteiger partial charge on any atom is 0.229 e. The molecule has 3 heterocycles. The van der Waals surface area contributed by atoms with Gasteiger partial charge in [0.2, 0.25) is 5.91 Å². The summed E-state index contributed by atoms with van der Waals surface area (Å²) in [5, 5.41) is 16.4. The lowest BCUT2D eigenvalue weighted by Gasteiger charge is -2.07. The van der Waals surface area contributed by atoms with Crippen molar-refractivity contribution >= 4 is 34.8 Å². The molecule has 2 fully saturated rings.